The van der Waals surface area contributed by atoms with Gasteiger partial charge < -0.3 is 10.3 Å². The number of hydrogen-bond donors (Lipinski definition) is 1. The van der Waals surface area contributed by atoms with E-state index in [4.69, 9.17) is 10.3 Å². The van der Waals surface area contributed by atoms with Crippen LogP contribution in [0.2, 0.25) is 0 Å². The molecule has 78 valence electrons. The Kier molecular flexibility index (Phi) is 3.14. The molecule has 4 heteroatoms. The average Bonchev–Trinajstić information content (AvgIpc) is 2.94. The molecule has 2 N–H and O–H groups in total. The monoisotopic (exact) mass is 195 g/mol. The fourth-order valence-corrected chi connectivity index (χ4v) is 1.47. The van der Waals surface area contributed by atoms with E-state index in [1.165, 1.54) is 12.8 Å². The van der Waals surface area contributed by atoms with Crippen molar-refractivity contribution in [3.8, 4) is 0 Å². The van der Waals surface area contributed by atoms with Gasteiger partial charge in [-0.1, -0.05) is 11.6 Å². The van der Waals surface area contributed by atoms with Gasteiger partial charge in [0.15, 0.2) is 5.82 Å². The van der Waals surface area contributed by atoms with Gasteiger partial charge in [0.1, 0.15) is 0 Å². The van der Waals surface area contributed by atoms with Crippen molar-refractivity contribution in [2.24, 2.45) is 5.73 Å². The van der Waals surface area contributed by atoms with Crippen molar-refractivity contribution in [1.29, 1.82) is 0 Å². The van der Waals surface area contributed by atoms with Gasteiger partial charge in [0.25, 0.3) is 0 Å². The van der Waals surface area contributed by atoms with E-state index in [9.17, 15) is 0 Å². The Balaban J connectivity index is 1.72. The first-order chi connectivity index (χ1) is 6.90. The van der Waals surface area contributed by atoms with Crippen LogP contribution in [0.1, 0.15) is 49.7 Å². The fourth-order valence-electron chi connectivity index (χ4n) is 1.47. The molecule has 4 nitrogen and oxygen atoms in total. The molecule has 1 fully saturated rings. The van der Waals surface area contributed by atoms with Gasteiger partial charge in [-0.15, -0.1) is 0 Å². The molecule has 0 amide bonds. The minimum atomic E-state index is 0.594. The van der Waals surface area contributed by atoms with E-state index in [0.29, 0.717) is 5.92 Å². The third-order valence-corrected chi connectivity index (χ3v) is 2.52. The molecule has 14 heavy (non-hydrogen) atoms. The summed E-state index contributed by atoms with van der Waals surface area (Å²) in [7, 11) is 0. The molecule has 0 spiro atoms. The first-order valence-corrected chi connectivity index (χ1v) is 5.42. The summed E-state index contributed by atoms with van der Waals surface area (Å²) >= 11 is 0. The van der Waals surface area contributed by atoms with Crippen LogP contribution in [0.3, 0.4) is 0 Å². The molecule has 1 aromatic heterocycles. The maximum Gasteiger partial charge on any atom is 0.226 e. The van der Waals surface area contributed by atoms with Gasteiger partial charge in [0.05, 0.1) is 0 Å². The van der Waals surface area contributed by atoms with Crippen molar-refractivity contribution in [3.63, 3.8) is 0 Å². The van der Waals surface area contributed by atoms with Crippen LogP contribution < -0.4 is 5.73 Å². The summed E-state index contributed by atoms with van der Waals surface area (Å²) in [6, 6.07) is 0. The normalized spacial score (nSPS) is 16.1. The third-order valence-electron chi connectivity index (χ3n) is 2.52. The number of aryl methyl sites for hydroxylation is 1. The van der Waals surface area contributed by atoms with Crippen molar-refractivity contribution >= 4 is 0 Å². The van der Waals surface area contributed by atoms with Crippen molar-refractivity contribution in [2.75, 3.05) is 6.54 Å². The minimum Gasteiger partial charge on any atom is -0.339 e. The van der Waals surface area contributed by atoms with Gasteiger partial charge in [0, 0.05) is 12.3 Å². The van der Waals surface area contributed by atoms with Crippen LogP contribution in [0.15, 0.2) is 4.52 Å². The van der Waals surface area contributed by atoms with Crippen LogP contribution in [-0.2, 0) is 6.42 Å². The van der Waals surface area contributed by atoms with Gasteiger partial charge in [-0.25, -0.2) is 0 Å². The van der Waals surface area contributed by atoms with Crippen molar-refractivity contribution in [1.82, 2.24) is 10.1 Å². The highest BCUT2D eigenvalue weighted by Crippen LogP contribution is 2.38. The lowest BCUT2D eigenvalue weighted by Gasteiger charge is -1.93. The van der Waals surface area contributed by atoms with Gasteiger partial charge in [-0.05, 0) is 32.2 Å². The predicted molar refractivity (Wildman–Crippen MR) is 52.9 cm³/mol. The molecule has 1 heterocycles. The minimum absolute atomic E-state index is 0.594. The number of nitrogens with two attached hydrogens (primary N) is 1. The Morgan fingerprint density at radius 2 is 2.14 bits per heavy atom. The summed E-state index contributed by atoms with van der Waals surface area (Å²) in [4.78, 5) is 4.36. The van der Waals surface area contributed by atoms with Crippen LogP contribution in [-0.4, -0.2) is 16.7 Å². The zero-order chi connectivity index (χ0) is 9.80. The Hall–Kier alpha value is -0.900. The van der Waals surface area contributed by atoms with Gasteiger partial charge >= 0.3 is 0 Å². The van der Waals surface area contributed by atoms with Crippen molar-refractivity contribution in [3.05, 3.63) is 11.7 Å². The molecule has 0 aromatic carbocycles. The molecular formula is C10H17N3O. The molecule has 0 aliphatic heterocycles. The summed E-state index contributed by atoms with van der Waals surface area (Å²) in [6.45, 7) is 0.775. The number of nitrogens with zero attached hydrogens (tertiary/aromatic N) is 2. The zero-order valence-corrected chi connectivity index (χ0v) is 8.41. The van der Waals surface area contributed by atoms with Crippen LogP contribution in [0.4, 0.5) is 0 Å². The molecule has 1 aliphatic rings. The van der Waals surface area contributed by atoms with E-state index in [-0.39, 0.29) is 0 Å². The molecule has 0 radical (unpaired) electrons. The lowest BCUT2D eigenvalue weighted by molar-refractivity contribution is 0.369. The molecule has 2 rings (SSSR count). The number of hydrogen-bond acceptors (Lipinski definition) is 4. The zero-order valence-electron chi connectivity index (χ0n) is 8.41. The summed E-state index contributed by atoms with van der Waals surface area (Å²) < 4.78 is 5.15. The number of aromatic nitrogens is 2. The SMILES string of the molecule is NCCCCCc1nc(C2CC2)no1. The van der Waals surface area contributed by atoms with E-state index in [0.717, 1.165) is 43.9 Å². The summed E-state index contributed by atoms with van der Waals surface area (Å²) in [5.41, 5.74) is 5.41. The molecular weight excluding hydrogens is 178 g/mol. The highest BCUT2D eigenvalue weighted by Gasteiger charge is 2.28. The van der Waals surface area contributed by atoms with E-state index in [1.807, 2.05) is 0 Å². The topological polar surface area (TPSA) is 64.9 Å². The average molecular weight is 195 g/mol. The lowest BCUT2D eigenvalue weighted by Crippen LogP contribution is -1.98. The Labute approximate surface area is 83.9 Å². The standard InChI is InChI=1S/C10H17N3O/c11-7-3-1-2-4-9-12-10(13-14-9)8-5-6-8/h8H,1-7,11H2. The molecule has 1 aliphatic carbocycles. The molecule has 1 aromatic rings. The third kappa shape index (κ3) is 2.54. The second-order valence-electron chi connectivity index (χ2n) is 3.92. The van der Waals surface area contributed by atoms with Gasteiger partial charge in [0.2, 0.25) is 5.89 Å². The van der Waals surface area contributed by atoms with E-state index in [1.54, 1.807) is 0 Å². The first-order valence-electron chi connectivity index (χ1n) is 5.42. The maximum atomic E-state index is 5.41. The summed E-state index contributed by atoms with van der Waals surface area (Å²) in [5, 5.41) is 3.97. The van der Waals surface area contributed by atoms with Crippen LogP contribution in [0, 0.1) is 0 Å². The highest BCUT2D eigenvalue weighted by molar-refractivity contribution is 5.03. The molecule has 0 unspecified atom stereocenters. The second kappa shape index (κ2) is 4.55. The van der Waals surface area contributed by atoms with E-state index >= 15 is 0 Å². The fraction of sp³-hybridized carbons (Fsp3) is 0.800. The largest absolute Gasteiger partial charge is 0.339 e. The lowest BCUT2D eigenvalue weighted by atomic mass is 10.2. The van der Waals surface area contributed by atoms with Gasteiger partial charge in [-0.2, -0.15) is 4.98 Å². The van der Waals surface area contributed by atoms with E-state index < -0.39 is 0 Å². The number of unbranched alkanes of at least 4 members (excludes halogenated alkanes) is 2. The Bertz CT molecular complexity index is 281. The summed E-state index contributed by atoms with van der Waals surface area (Å²) in [6.07, 6.45) is 6.70. The molecule has 1 saturated carbocycles. The van der Waals surface area contributed by atoms with E-state index in [2.05, 4.69) is 10.1 Å². The predicted octanol–water partition coefficient (Wildman–Crippen LogP) is 1.62. The summed E-state index contributed by atoms with van der Waals surface area (Å²) in [5.74, 6) is 2.30. The maximum absolute atomic E-state index is 5.41. The quantitative estimate of drug-likeness (QED) is 0.700. The Morgan fingerprint density at radius 1 is 1.29 bits per heavy atom. The smallest absolute Gasteiger partial charge is 0.226 e. The molecule has 0 bridgehead atoms. The second-order valence-corrected chi connectivity index (χ2v) is 3.92. The molecule has 0 saturated heterocycles. The number of rotatable bonds is 6. The van der Waals surface area contributed by atoms with Gasteiger partial charge in [-0.3, -0.25) is 0 Å². The molecule has 0 atom stereocenters. The highest BCUT2D eigenvalue weighted by atomic mass is 16.5. The van der Waals surface area contributed by atoms with Crippen molar-refractivity contribution < 1.29 is 4.52 Å². The first kappa shape index (κ1) is 9.65. The Morgan fingerprint density at radius 3 is 2.86 bits per heavy atom. The van der Waals surface area contributed by atoms with Crippen LogP contribution in [0.5, 0.6) is 0 Å². The van der Waals surface area contributed by atoms with Crippen LogP contribution >= 0.6 is 0 Å². The van der Waals surface area contributed by atoms with Crippen molar-refractivity contribution in [2.45, 2.75) is 44.4 Å². The van der Waals surface area contributed by atoms with Crippen LogP contribution in [0.25, 0.3) is 0 Å².